The van der Waals surface area contributed by atoms with Crippen LogP contribution in [-0.4, -0.2) is 24.0 Å². The molecule has 1 aromatic heterocycles. The number of thiazole rings is 1. The quantitative estimate of drug-likeness (QED) is 0.785. The maximum Gasteiger partial charge on any atom is 0.223 e. The Morgan fingerprint density at radius 3 is 2.74 bits per heavy atom. The van der Waals surface area contributed by atoms with E-state index in [4.69, 9.17) is 0 Å². The van der Waals surface area contributed by atoms with Gasteiger partial charge in [-0.15, -0.1) is 11.3 Å². The molecule has 2 N–H and O–H groups in total. The molecular formula is C14H23N3OS. The average Bonchev–Trinajstić information content (AvgIpc) is 3.06. The Labute approximate surface area is 119 Å². The normalized spacial score (nSPS) is 15.5. The first-order valence-corrected chi connectivity index (χ1v) is 7.78. The summed E-state index contributed by atoms with van der Waals surface area (Å²) >= 11 is 1.72. The molecule has 1 fully saturated rings. The summed E-state index contributed by atoms with van der Waals surface area (Å²) in [6, 6.07) is 0. The smallest absolute Gasteiger partial charge is 0.223 e. The van der Waals surface area contributed by atoms with Crippen LogP contribution in [0.15, 0.2) is 5.38 Å². The lowest BCUT2D eigenvalue weighted by molar-refractivity contribution is -0.122. The van der Waals surface area contributed by atoms with Gasteiger partial charge in [0.2, 0.25) is 5.91 Å². The topological polar surface area (TPSA) is 54.0 Å². The van der Waals surface area contributed by atoms with Crippen molar-refractivity contribution in [2.24, 2.45) is 5.92 Å². The van der Waals surface area contributed by atoms with Crippen LogP contribution in [0.2, 0.25) is 0 Å². The van der Waals surface area contributed by atoms with E-state index in [1.54, 1.807) is 11.3 Å². The number of nitrogens with zero attached hydrogens (tertiary/aromatic N) is 1. The molecule has 0 spiro atoms. The number of nitrogens with one attached hydrogen (secondary N) is 2. The summed E-state index contributed by atoms with van der Waals surface area (Å²) in [5.41, 5.74) is 1.21. The van der Waals surface area contributed by atoms with E-state index < -0.39 is 0 Å². The van der Waals surface area contributed by atoms with Crippen molar-refractivity contribution in [1.82, 2.24) is 15.6 Å². The Morgan fingerprint density at radius 2 is 2.16 bits per heavy atom. The lowest BCUT2D eigenvalue weighted by atomic mass is 9.98. The number of carbonyl (C=O) groups excluding carboxylic acids is 1. The van der Waals surface area contributed by atoms with Gasteiger partial charge in [0, 0.05) is 36.3 Å². The second kappa shape index (κ2) is 6.01. The predicted octanol–water partition coefficient (Wildman–Crippen LogP) is 2.06. The van der Waals surface area contributed by atoms with Crippen molar-refractivity contribution in [1.29, 1.82) is 0 Å². The van der Waals surface area contributed by atoms with Gasteiger partial charge in [0.05, 0.1) is 10.7 Å². The third-order valence-corrected chi connectivity index (χ3v) is 4.37. The Balaban J connectivity index is 1.62. The molecule has 106 valence electrons. The number of hydrogen-bond donors (Lipinski definition) is 2. The molecule has 1 aliphatic rings. The van der Waals surface area contributed by atoms with E-state index in [0.717, 1.165) is 31.6 Å². The molecule has 0 bridgehead atoms. The van der Waals surface area contributed by atoms with Crippen LogP contribution in [0.3, 0.4) is 0 Å². The Hall–Kier alpha value is -0.940. The van der Waals surface area contributed by atoms with Crippen LogP contribution in [0.4, 0.5) is 0 Å². The zero-order valence-corrected chi connectivity index (χ0v) is 12.8. The Bertz CT molecular complexity index is 432. The Kier molecular flexibility index (Phi) is 4.58. The summed E-state index contributed by atoms with van der Waals surface area (Å²) in [5.74, 6) is 0.512. The van der Waals surface area contributed by atoms with Gasteiger partial charge >= 0.3 is 0 Å². The fourth-order valence-corrected chi connectivity index (χ4v) is 2.62. The minimum atomic E-state index is 0.126. The monoisotopic (exact) mass is 281 g/mol. The van der Waals surface area contributed by atoms with E-state index in [-0.39, 0.29) is 11.3 Å². The maximum absolute atomic E-state index is 11.4. The van der Waals surface area contributed by atoms with Crippen LogP contribution < -0.4 is 10.6 Å². The van der Waals surface area contributed by atoms with Crippen molar-refractivity contribution in [2.45, 2.75) is 45.6 Å². The zero-order chi connectivity index (χ0) is 13.9. The molecule has 1 heterocycles. The van der Waals surface area contributed by atoms with E-state index in [9.17, 15) is 4.79 Å². The zero-order valence-electron chi connectivity index (χ0n) is 12.0. The largest absolute Gasteiger partial charge is 0.355 e. The molecule has 1 aromatic rings. The minimum absolute atomic E-state index is 0.126. The molecular weight excluding hydrogens is 258 g/mol. The summed E-state index contributed by atoms with van der Waals surface area (Å²) in [6.07, 6.45) is 2.13. The van der Waals surface area contributed by atoms with E-state index in [2.05, 4.69) is 41.8 Å². The summed E-state index contributed by atoms with van der Waals surface area (Å²) in [7, 11) is 0. The number of hydrogen-bond acceptors (Lipinski definition) is 4. The number of rotatable bonds is 6. The van der Waals surface area contributed by atoms with Crippen LogP contribution in [0.25, 0.3) is 0 Å². The molecule has 1 amide bonds. The highest BCUT2D eigenvalue weighted by Gasteiger charge is 2.28. The van der Waals surface area contributed by atoms with Gasteiger partial charge in [0.1, 0.15) is 0 Å². The number of amides is 1. The van der Waals surface area contributed by atoms with Gasteiger partial charge in [-0.05, 0) is 12.8 Å². The van der Waals surface area contributed by atoms with Gasteiger partial charge in [0.25, 0.3) is 0 Å². The Morgan fingerprint density at radius 1 is 1.42 bits per heavy atom. The van der Waals surface area contributed by atoms with Crippen LogP contribution in [0.5, 0.6) is 0 Å². The molecule has 0 atom stereocenters. The summed E-state index contributed by atoms with van der Waals surface area (Å²) in [6.45, 7) is 8.79. The lowest BCUT2D eigenvalue weighted by Crippen LogP contribution is -2.32. The molecule has 1 aliphatic carbocycles. The van der Waals surface area contributed by atoms with Gasteiger partial charge in [0.15, 0.2) is 0 Å². The molecule has 2 rings (SSSR count). The highest BCUT2D eigenvalue weighted by molar-refractivity contribution is 7.09. The minimum Gasteiger partial charge on any atom is -0.355 e. The fraction of sp³-hybridized carbons (Fsp3) is 0.714. The first kappa shape index (κ1) is 14.5. The van der Waals surface area contributed by atoms with Crippen molar-refractivity contribution >= 4 is 17.2 Å². The summed E-state index contributed by atoms with van der Waals surface area (Å²) in [5, 5.41) is 9.53. The van der Waals surface area contributed by atoms with Crippen molar-refractivity contribution in [3.63, 3.8) is 0 Å². The molecule has 19 heavy (non-hydrogen) atoms. The first-order chi connectivity index (χ1) is 8.97. The maximum atomic E-state index is 11.4. The fourth-order valence-electron chi connectivity index (χ4n) is 1.71. The number of carbonyl (C=O) groups is 1. The van der Waals surface area contributed by atoms with Crippen molar-refractivity contribution in [3.8, 4) is 0 Å². The summed E-state index contributed by atoms with van der Waals surface area (Å²) < 4.78 is 0. The SMILES string of the molecule is CC(C)(C)c1nc(CNCCNC(=O)C2CC2)cs1. The first-order valence-electron chi connectivity index (χ1n) is 6.90. The van der Waals surface area contributed by atoms with Gasteiger partial charge in [-0.2, -0.15) is 0 Å². The van der Waals surface area contributed by atoms with Gasteiger partial charge in [-0.3, -0.25) is 4.79 Å². The van der Waals surface area contributed by atoms with E-state index in [1.165, 1.54) is 5.01 Å². The molecule has 0 aromatic carbocycles. The standard InChI is InChI=1S/C14H23N3OS/c1-14(2,3)13-17-11(9-19-13)8-15-6-7-16-12(18)10-4-5-10/h9-10,15H,4-8H2,1-3H3,(H,16,18). The molecule has 0 unspecified atom stereocenters. The molecule has 5 heteroatoms. The second-order valence-electron chi connectivity index (χ2n) is 6.14. The third kappa shape index (κ3) is 4.58. The second-order valence-corrected chi connectivity index (χ2v) is 6.99. The third-order valence-electron chi connectivity index (χ3n) is 3.05. The van der Waals surface area contributed by atoms with E-state index >= 15 is 0 Å². The van der Waals surface area contributed by atoms with E-state index in [0.29, 0.717) is 12.5 Å². The molecule has 4 nitrogen and oxygen atoms in total. The van der Waals surface area contributed by atoms with Crippen LogP contribution >= 0.6 is 11.3 Å². The molecule has 0 saturated heterocycles. The predicted molar refractivity (Wildman–Crippen MR) is 78.3 cm³/mol. The van der Waals surface area contributed by atoms with Gasteiger partial charge in [-0.25, -0.2) is 4.98 Å². The number of aromatic nitrogens is 1. The highest BCUT2D eigenvalue weighted by Crippen LogP contribution is 2.28. The van der Waals surface area contributed by atoms with Crippen LogP contribution in [-0.2, 0) is 16.8 Å². The van der Waals surface area contributed by atoms with Gasteiger partial charge < -0.3 is 10.6 Å². The summed E-state index contributed by atoms with van der Waals surface area (Å²) in [4.78, 5) is 16.0. The molecule has 0 radical (unpaired) electrons. The average molecular weight is 281 g/mol. The van der Waals surface area contributed by atoms with Crippen molar-refractivity contribution in [2.75, 3.05) is 13.1 Å². The van der Waals surface area contributed by atoms with E-state index in [1.807, 2.05) is 0 Å². The highest BCUT2D eigenvalue weighted by atomic mass is 32.1. The van der Waals surface area contributed by atoms with Crippen molar-refractivity contribution < 1.29 is 4.79 Å². The molecule has 0 aliphatic heterocycles. The van der Waals surface area contributed by atoms with Crippen molar-refractivity contribution in [3.05, 3.63) is 16.1 Å². The van der Waals surface area contributed by atoms with Crippen LogP contribution in [0, 0.1) is 5.92 Å². The molecule has 1 saturated carbocycles. The van der Waals surface area contributed by atoms with Crippen LogP contribution in [0.1, 0.15) is 44.3 Å². The van der Waals surface area contributed by atoms with Gasteiger partial charge in [-0.1, -0.05) is 20.8 Å². The lowest BCUT2D eigenvalue weighted by Gasteiger charge is -2.13.